The third-order valence-corrected chi connectivity index (χ3v) is 5.07. The van der Waals surface area contributed by atoms with E-state index < -0.39 is 0 Å². The summed E-state index contributed by atoms with van der Waals surface area (Å²) >= 11 is 0. The highest BCUT2D eigenvalue weighted by Gasteiger charge is 2.26. The van der Waals surface area contributed by atoms with Gasteiger partial charge in [-0.05, 0) is 49.9 Å². The highest BCUT2D eigenvalue weighted by atomic mass is 16.7. The van der Waals surface area contributed by atoms with Crippen molar-refractivity contribution in [2.75, 3.05) is 26.4 Å². The predicted octanol–water partition coefficient (Wildman–Crippen LogP) is 3.03. The molecular formula is C19H28N2O3. The standard InChI is InChI=1S/C19H28N2O3/c1-3-16-7-5-6-10-21(16)19(22)13-20(4-2)12-15-8-9-17-18(11-15)24-14-23-17/h8-9,11,16H,3-7,10,12-14H2,1-2H3. The maximum atomic E-state index is 12.8. The Balaban J connectivity index is 1.60. The van der Waals surface area contributed by atoms with Crippen LogP contribution in [-0.4, -0.2) is 48.2 Å². The molecule has 132 valence electrons. The molecule has 1 aromatic carbocycles. The van der Waals surface area contributed by atoms with Crippen LogP contribution in [0.1, 0.15) is 45.1 Å². The van der Waals surface area contributed by atoms with Crippen molar-refractivity contribution >= 4 is 5.91 Å². The topological polar surface area (TPSA) is 42.0 Å². The summed E-state index contributed by atoms with van der Waals surface area (Å²) in [6, 6.07) is 6.45. The summed E-state index contributed by atoms with van der Waals surface area (Å²) in [5, 5.41) is 0. The Bertz CT molecular complexity index is 576. The first-order valence-corrected chi connectivity index (χ1v) is 9.11. The molecule has 0 N–H and O–H groups in total. The van der Waals surface area contributed by atoms with Crippen molar-refractivity contribution in [3.8, 4) is 11.5 Å². The van der Waals surface area contributed by atoms with E-state index in [0.717, 1.165) is 56.0 Å². The van der Waals surface area contributed by atoms with E-state index in [-0.39, 0.29) is 5.91 Å². The van der Waals surface area contributed by atoms with E-state index in [9.17, 15) is 4.79 Å². The van der Waals surface area contributed by atoms with Crippen LogP contribution in [0.15, 0.2) is 18.2 Å². The van der Waals surface area contributed by atoms with Crippen molar-refractivity contribution in [2.24, 2.45) is 0 Å². The summed E-state index contributed by atoms with van der Waals surface area (Å²) in [4.78, 5) is 17.1. The fourth-order valence-corrected chi connectivity index (χ4v) is 3.61. The largest absolute Gasteiger partial charge is 0.454 e. The van der Waals surface area contributed by atoms with Gasteiger partial charge in [0.05, 0.1) is 6.54 Å². The first-order chi connectivity index (χ1) is 11.7. The number of amides is 1. The Labute approximate surface area is 144 Å². The van der Waals surface area contributed by atoms with Crippen LogP contribution in [0.2, 0.25) is 0 Å². The number of fused-ring (bicyclic) bond motifs is 1. The van der Waals surface area contributed by atoms with Crippen LogP contribution in [0.5, 0.6) is 11.5 Å². The lowest BCUT2D eigenvalue weighted by Gasteiger charge is -2.36. The number of hydrogen-bond acceptors (Lipinski definition) is 4. The van der Waals surface area contributed by atoms with E-state index in [1.807, 2.05) is 12.1 Å². The molecule has 0 bridgehead atoms. The maximum absolute atomic E-state index is 12.8. The number of ether oxygens (including phenoxy) is 2. The number of benzene rings is 1. The number of nitrogens with zero attached hydrogens (tertiary/aromatic N) is 2. The van der Waals surface area contributed by atoms with Gasteiger partial charge in [-0.15, -0.1) is 0 Å². The normalized spacial score (nSPS) is 19.8. The zero-order valence-electron chi connectivity index (χ0n) is 14.8. The minimum absolute atomic E-state index is 0.268. The van der Waals surface area contributed by atoms with Gasteiger partial charge in [0, 0.05) is 19.1 Å². The second-order valence-corrected chi connectivity index (χ2v) is 6.64. The van der Waals surface area contributed by atoms with Crippen molar-refractivity contribution in [3.63, 3.8) is 0 Å². The van der Waals surface area contributed by atoms with Crippen molar-refractivity contribution in [3.05, 3.63) is 23.8 Å². The van der Waals surface area contributed by atoms with Gasteiger partial charge in [-0.2, -0.15) is 0 Å². The van der Waals surface area contributed by atoms with Gasteiger partial charge in [-0.3, -0.25) is 9.69 Å². The zero-order chi connectivity index (χ0) is 16.9. The number of hydrogen-bond donors (Lipinski definition) is 0. The lowest BCUT2D eigenvalue weighted by Crippen LogP contribution is -2.47. The van der Waals surface area contributed by atoms with Crippen LogP contribution < -0.4 is 9.47 Å². The van der Waals surface area contributed by atoms with Gasteiger partial charge >= 0.3 is 0 Å². The molecule has 0 radical (unpaired) electrons. The molecule has 1 amide bonds. The molecule has 0 aromatic heterocycles. The lowest BCUT2D eigenvalue weighted by molar-refractivity contribution is -0.136. The molecule has 3 rings (SSSR count). The average molecular weight is 332 g/mol. The van der Waals surface area contributed by atoms with Gasteiger partial charge in [-0.1, -0.05) is 19.9 Å². The number of rotatable bonds is 6. The molecular weight excluding hydrogens is 304 g/mol. The van der Waals surface area contributed by atoms with Gasteiger partial charge in [0.2, 0.25) is 12.7 Å². The fraction of sp³-hybridized carbons (Fsp3) is 0.632. The van der Waals surface area contributed by atoms with Crippen LogP contribution in [0.4, 0.5) is 0 Å². The Hall–Kier alpha value is -1.75. The van der Waals surface area contributed by atoms with Crippen molar-refractivity contribution < 1.29 is 14.3 Å². The lowest BCUT2D eigenvalue weighted by atomic mass is 10.00. The Morgan fingerprint density at radius 3 is 2.88 bits per heavy atom. The van der Waals surface area contributed by atoms with Crippen molar-refractivity contribution in [1.29, 1.82) is 0 Å². The highest BCUT2D eigenvalue weighted by molar-refractivity contribution is 5.78. The SMILES string of the molecule is CCC1CCCCN1C(=O)CN(CC)Cc1ccc2c(c1)OCO2. The minimum Gasteiger partial charge on any atom is -0.454 e. The number of carbonyl (C=O) groups is 1. The summed E-state index contributed by atoms with van der Waals surface area (Å²) in [6.07, 6.45) is 4.59. The minimum atomic E-state index is 0.268. The van der Waals surface area contributed by atoms with E-state index in [4.69, 9.17) is 9.47 Å². The third-order valence-electron chi connectivity index (χ3n) is 5.07. The summed E-state index contributed by atoms with van der Waals surface area (Å²) < 4.78 is 10.8. The molecule has 1 aromatic rings. The van der Waals surface area contributed by atoms with Gasteiger partial charge in [-0.25, -0.2) is 0 Å². The molecule has 24 heavy (non-hydrogen) atoms. The van der Waals surface area contributed by atoms with Crippen LogP contribution in [-0.2, 0) is 11.3 Å². The number of likely N-dealkylation sites (tertiary alicyclic amines) is 1. The van der Waals surface area contributed by atoms with Crippen LogP contribution in [0.3, 0.4) is 0 Å². The monoisotopic (exact) mass is 332 g/mol. The Kier molecular flexibility index (Phi) is 5.61. The van der Waals surface area contributed by atoms with Gasteiger partial charge < -0.3 is 14.4 Å². The molecule has 2 aliphatic heterocycles. The van der Waals surface area contributed by atoms with E-state index in [1.54, 1.807) is 0 Å². The molecule has 1 atom stereocenters. The molecule has 0 saturated carbocycles. The molecule has 1 unspecified atom stereocenters. The van der Waals surface area contributed by atoms with Gasteiger partial charge in [0.15, 0.2) is 11.5 Å². The van der Waals surface area contributed by atoms with E-state index in [2.05, 4.69) is 29.7 Å². The Morgan fingerprint density at radius 2 is 2.08 bits per heavy atom. The van der Waals surface area contributed by atoms with Crippen molar-refractivity contribution in [2.45, 2.75) is 52.1 Å². The smallest absolute Gasteiger partial charge is 0.237 e. The summed E-state index contributed by atoms with van der Waals surface area (Å²) in [5.74, 6) is 1.87. The molecule has 2 heterocycles. The molecule has 5 nitrogen and oxygen atoms in total. The van der Waals surface area contributed by atoms with E-state index in [1.165, 1.54) is 6.42 Å². The first-order valence-electron chi connectivity index (χ1n) is 9.11. The third kappa shape index (κ3) is 3.83. The van der Waals surface area contributed by atoms with Crippen LogP contribution in [0.25, 0.3) is 0 Å². The molecule has 0 aliphatic carbocycles. The quantitative estimate of drug-likeness (QED) is 0.803. The fourth-order valence-electron chi connectivity index (χ4n) is 3.61. The molecule has 0 spiro atoms. The van der Waals surface area contributed by atoms with Crippen LogP contribution in [0, 0.1) is 0 Å². The van der Waals surface area contributed by atoms with Crippen LogP contribution >= 0.6 is 0 Å². The Morgan fingerprint density at radius 1 is 1.25 bits per heavy atom. The van der Waals surface area contributed by atoms with E-state index in [0.29, 0.717) is 19.4 Å². The number of likely N-dealkylation sites (N-methyl/N-ethyl adjacent to an activating group) is 1. The maximum Gasteiger partial charge on any atom is 0.237 e. The highest BCUT2D eigenvalue weighted by Crippen LogP contribution is 2.32. The van der Waals surface area contributed by atoms with Crippen molar-refractivity contribution in [1.82, 2.24) is 9.80 Å². The molecule has 2 aliphatic rings. The summed E-state index contributed by atoms with van der Waals surface area (Å²) in [5.41, 5.74) is 1.15. The zero-order valence-corrected chi connectivity index (χ0v) is 14.8. The average Bonchev–Trinajstić information content (AvgIpc) is 3.08. The first kappa shape index (κ1) is 17.1. The second kappa shape index (κ2) is 7.88. The summed E-state index contributed by atoms with van der Waals surface area (Å²) in [7, 11) is 0. The molecule has 5 heteroatoms. The molecule has 1 fully saturated rings. The second-order valence-electron chi connectivity index (χ2n) is 6.64. The summed E-state index contributed by atoms with van der Waals surface area (Å²) in [6.45, 7) is 7.59. The molecule has 1 saturated heterocycles. The predicted molar refractivity (Wildman–Crippen MR) is 93.2 cm³/mol. The van der Waals surface area contributed by atoms with Gasteiger partial charge in [0.25, 0.3) is 0 Å². The number of carbonyl (C=O) groups excluding carboxylic acids is 1. The van der Waals surface area contributed by atoms with E-state index >= 15 is 0 Å². The van der Waals surface area contributed by atoms with Gasteiger partial charge in [0.1, 0.15) is 0 Å². The number of piperidine rings is 1.